The minimum absolute atomic E-state index is 0.310. The number of carboxylic acid groups (broad SMARTS) is 1. The molecule has 1 heterocycles. The summed E-state index contributed by atoms with van der Waals surface area (Å²) >= 11 is 0. The highest BCUT2D eigenvalue weighted by molar-refractivity contribution is 5.97. The minimum atomic E-state index is -1.03. The molecule has 0 atom stereocenters. The highest BCUT2D eigenvalue weighted by atomic mass is 16.4. The number of carbonyl (C=O) groups is 2. The second kappa shape index (κ2) is 5.16. The van der Waals surface area contributed by atoms with Crippen molar-refractivity contribution in [1.29, 1.82) is 0 Å². The molecular formula is C13H18N2O3. The summed E-state index contributed by atoms with van der Waals surface area (Å²) in [5.41, 5.74) is 0.480. The highest BCUT2D eigenvalue weighted by Gasteiger charge is 2.29. The van der Waals surface area contributed by atoms with E-state index in [2.05, 4.69) is 4.98 Å². The van der Waals surface area contributed by atoms with Crippen molar-refractivity contribution in [2.24, 2.45) is 0 Å². The fraction of sp³-hybridized carbons (Fsp3) is 0.462. The first-order valence-corrected chi connectivity index (χ1v) is 5.69. The third-order valence-corrected chi connectivity index (χ3v) is 2.59. The molecule has 0 spiro atoms. The Morgan fingerprint density at radius 3 is 2.44 bits per heavy atom. The Morgan fingerprint density at radius 2 is 2.00 bits per heavy atom. The van der Waals surface area contributed by atoms with Crippen molar-refractivity contribution in [3.63, 3.8) is 0 Å². The van der Waals surface area contributed by atoms with E-state index in [4.69, 9.17) is 5.11 Å². The lowest BCUT2D eigenvalue weighted by Crippen LogP contribution is -2.48. The van der Waals surface area contributed by atoms with Gasteiger partial charge in [-0.05, 0) is 39.8 Å². The third-order valence-electron chi connectivity index (χ3n) is 2.59. The van der Waals surface area contributed by atoms with Gasteiger partial charge in [-0.25, -0.2) is 0 Å². The Hall–Kier alpha value is -1.91. The summed E-state index contributed by atoms with van der Waals surface area (Å²) in [6.07, 6.45) is 1.60. The molecule has 0 saturated carbocycles. The van der Waals surface area contributed by atoms with Gasteiger partial charge in [-0.15, -0.1) is 0 Å². The van der Waals surface area contributed by atoms with E-state index in [1.165, 1.54) is 4.90 Å². The van der Waals surface area contributed by atoms with E-state index >= 15 is 0 Å². The Morgan fingerprint density at radius 1 is 1.39 bits per heavy atom. The number of aromatic nitrogens is 1. The van der Waals surface area contributed by atoms with Crippen LogP contribution in [0.25, 0.3) is 0 Å². The first-order chi connectivity index (χ1) is 8.23. The zero-order chi connectivity index (χ0) is 13.9. The van der Waals surface area contributed by atoms with Crippen LogP contribution in [0.15, 0.2) is 18.3 Å². The predicted octanol–water partition coefficient (Wildman–Crippen LogP) is 1.72. The van der Waals surface area contributed by atoms with E-state index in [0.29, 0.717) is 11.3 Å². The van der Waals surface area contributed by atoms with Crippen molar-refractivity contribution in [2.75, 3.05) is 6.54 Å². The smallest absolute Gasteiger partial charge is 0.323 e. The van der Waals surface area contributed by atoms with Crippen molar-refractivity contribution in [1.82, 2.24) is 9.88 Å². The normalized spacial score (nSPS) is 11.1. The zero-order valence-electron chi connectivity index (χ0n) is 11.1. The van der Waals surface area contributed by atoms with E-state index in [0.717, 1.165) is 0 Å². The van der Waals surface area contributed by atoms with Gasteiger partial charge in [0.05, 0.1) is 5.56 Å². The van der Waals surface area contributed by atoms with Crippen molar-refractivity contribution in [3.05, 3.63) is 29.6 Å². The molecule has 0 unspecified atom stereocenters. The molecule has 0 bridgehead atoms. The number of hydrogen-bond donors (Lipinski definition) is 1. The van der Waals surface area contributed by atoms with Crippen LogP contribution in [0, 0.1) is 6.92 Å². The number of aliphatic carboxylic acids is 1. The van der Waals surface area contributed by atoms with Crippen LogP contribution in [-0.2, 0) is 4.79 Å². The third kappa shape index (κ3) is 3.29. The Kier molecular flexibility index (Phi) is 4.06. The molecular weight excluding hydrogens is 232 g/mol. The van der Waals surface area contributed by atoms with Crippen LogP contribution in [0.5, 0.6) is 0 Å². The standard InChI is InChI=1S/C13H18N2O3/c1-9-10(6-5-7-14-9)12(18)15(8-11(16)17)13(2,3)4/h5-7H,8H2,1-4H3,(H,16,17). The Balaban J connectivity index is 3.11. The Bertz CT molecular complexity index is 464. The SMILES string of the molecule is Cc1ncccc1C(=O)N(CC(=O)O)C(C)(C)C. The molecule has 0 radical (unpaired) electrons. The van der Waals surface area contributed by atoms with Crippen molar-refractivity contribution < 1.29 is 14.7 Å². The molecule has 5 nitrogen and oxygen atoms in total. The predicted molar refractivity (Wildman–Crippen MR) is 67.4 cm³/mol. The van der Waals surface area contributed by atoms with Crippen molar-refractivity contribution in [3.8, 4) is 0 Å². The molecule has 18 heavy (non-hydrogen) atoms. The molecule has 5 heteroatoms. The molecule has 98 valence electrons. The van der Waals surface area contributed by atoms with Gasteiger partial charge < -0.3 is 10.0 Å². The number of pyridine rings is 1. The summed E-state index contributed by atoms with van der Waals surface area (Å²) in [4.78, 5) is 28.6. The summed E-state index contributed by atoms with van der Waals surface area (Å²) in [6.45, 7) is 6.82. The summed E-state index contributed by atoms with van der Waals surface area (Å²) < 4.78 is 0. The van der Waals surface area contributed by atoms with Crippen LogP contribution in [0.4, 0.5) is 0 Å². The lowest BCUT2D eigenvalue weighted by molar-refractivity contribution is -0.138. The molecule has 0 saturated heterocycles. The number of aryl methyl sites for hydroxylation is 1. The summed E-state index contributed by atoms with van der Waals surface area (Å²) in [7, 11) is 0. The molecule has 0 aliphatic rings. The van der Waals surface area contributed by atoms with E-state index in [1.807, 2.05) is 0 Å². The average Bonchev–Trinajstić information content (AvgIpc) is 2.24. The van der Waals surface area contributed by atoms with Gasteiger partial charge in [-0.3, -0.25) is 14.6 Å². The van der Waals surface area contributed by atoms with Gasteiger partial charge in [0.15, 0.2) is 0 Å². The summed E-state index contributed by atoms with van der Waals surface area (Å²) in [5.74, 6) is -1.34. The van der Waals surface area contributed by atoms with Gasteiger partial charge in [0.1, 0.15) is 6.54 Å². The second-order valence-electron chi connectivity index (χ2n) is 5.09. The molecule has 1 amide bonds. The molecule has 0 aromatic carbocycles. The van der Waals surface area contributed by atoms with Crippen LogP contribution in [0.3, 0.4) is 0 Å². The van der Waals surface area contributed by atoms with Gasteiger partial charge in [0, 0.05) is 17.4 Å². The van der Waals surface area contributed by atoms with E-state index in [-0.39, 0.29) is 12.5 Å². The Labute approximate surface area is 106 Å². The largest absolute Gasteiger partial charge is 0.480 e. The van der Waals surface area contributed by atoms with E-state index in [9.17, 15) is 9.59 Å². The van der Waals surface area contributed by atoms with E-state index < -0.39 is 11.5 Å². The number of carbonyl (C=O) groups excluding carboxylic acids is 1. The van der Waals surface area contributed by atoms with Crippen LogP contribution < -0.4 is 0 Å². The average molecular weight is 250 g/mol. The maximum Gasteiger partial charge on any atom is 0.323 e. The van der Waals surface area contributed by atoms with Crippen LogP contribution in [0.1, 0.15) is 36.8 Å². The lowest BCUT2D eigenvalue weighted by atomic mass is 10.0. The number of amides is 1. The van der Waals surface area contributed by atoms with E-state index in [1.54, 1.807) is 46.0 Å². The molecule has 1 rings (SSSR count). The molecule has 0 fully saturated rings. The number of nitrogens with zero attached hydrogens (tertiary/aromatic N) is 2. The van der Waals surface area contributed by atoms with Gasteiger partial charge in [-0.1, -0.05) is 0 Å². The number of hydrogen-bond acceptors (Lipinski definition) is 3. The van der Waals surface area contributed by atoms with Crippen LogP contribution in [-0.4, -0.2) is 39.0 Å². The first-order valence-electron chi connectivity index (χ1n) is 5.69. The highest BCUT2D eigenvalue weighted by Crippen LogP contribution is 2.18. The fourth-order valence-corrected chi connectivity index (χ4v) is 1.60. The number of rotatable bonds is 3. The molecule has 1 aromatic rings. The molecule has 1 aromatic heterocycles. The summed E-state index contributed by atoms with van der Waals surface area (Å²) in [6, 6.07) is 3.33. The topological polar surface area (TPSA) is 70.5 Å². The second-order valence-corrected chi connectivity index (χ2v) is 5.09. The van der Waals surface area contributed by atoms with Crippen LogP contribution >= 0.6 is 0 Å². The maximum atomic E-state index is 12.4. The van der Waals surface area contributed by atoms with Gasteiger partial charge in [-0.2, -0.15) is 0 Å². The van der Waals surface area contributed by atoms with Gasteiger partial charge in [0.2, 0.25) is 0 Å². The summed E-state index contributed by atoms with van der Waals surface area (Å²) in [5, 5.41) is 8.90. The minimum Gasteiger partial charge on any atom is -0.480 e. The molecule has 0 aliphatic heterocycles. The fourth-order valence-electron chi connectivity index (χ4n) is 1.60. The van der Waals surface area contributed by atoms with Crippen molar-refractivity contribution >= 4 is 11.9 Å². The van der Waals surface area contributed by atoms with Crippen molar-refractivity contribution in [2.45, 2.75) is 33.2 Å². The van der Waals surface area contributed by atoms with Gasteiger partial charge >= 0.3 is 5.97 Å². The quantitative estimate of drug-likeness (QED) is 0.886. The maximum absolute atomic E-state index is 12.4. The van der Waals surface area contributed by atoms with Crippen LogP contribution in [0.2, 0.25) is 0 Å². The van der Waals surface area contributed by atoms with Gasteiger partial charge in [0.25, 0.3) is 5.91 Å². The first kappa shape index (κ1) is 14.2. The monoisotopic (exact) mass is 250 g/mol. The zero-order valence-corrected chi connectivity index (χ0v) is 11.1. The number of carboxylic acids is 1. The lowest BCUT2D eigenvalue weighted by Gasteiger charge is -2.34. The molecule has 0 aliphatic carbocycles. The molecule has 1 N–H and O–H groups in total.